The zero-order valence-electron chi connectivity index (χ0n) is 17.2. The molecular weight excluding hydrogens is 384 g/mol. The SMILES string of the molecule is CN(C)c1ncc(-c2ccc(Cl)cc2)c(C2CCCN(Cc3cnn(C)c3)C2)n1. The van der Waals surface area contributed by atoms with E-state index in [-0.39, 0.29) is 0 Å². The van der Waals surface area contributed by atoms with Gasteiger partial charge in [0, 0.05) is 68.7 Å². The average Bonchev–Trinajstić information content (AvgIpc) is 3.13. The number of likely N-dealkylation sites (tertiary alicyclic amines) is 1. The summed E-state index contributed by atoms with van der Waals surface area (Å²) in [5.41, 5.74) is 4.59. The highest BCUT2D eigenvalue weighted by atomic mass is 35.5. The first-order valence-electron chi connectivity index (χ1n) is 9.99. The lowest BCUT2D eigenvalue weighted by atomic mass is 9.90. The van der Waals surface area contributed by atoms with Crippen LogP contribution < -0.4 is 4.90 Å². The van der Waals surface area contributed by atoms with E-state index in [4.69, 9.17) is 16.6 Å². The molecule has 4 rings (SSSR count). The number of anilines is 1. The number of aromatic nitrogens is 4. The minimum absolute atomic E-state index is 0.368. The van der Waals surface area contributed by atoms with Gasteiger partial charge in [0.25, 0.3) is 0 Å². The first kappa shape index (κ1) is 19.9. The summed E-state index contributed by atoms with van der Waals surface area (Å²) in [6.07, 6.45) is 8.30. The monoisotopic (exact) mass is 410 g/mol. The van der Waals surface area contributed by atoms with Crippen molar-refractivity contribution in [1.82, 2.24) is 24.6 Å². The summed E-state index contributed by atoms with van der Waals surface area (Å²) in [4.78, 5) is 14.0. The molecule has 0 N–H and O–H groups in total. The lowest BCUT2D eigenvalue weighted by molar-refractivity contribution is 0.198. The highest BCUT2D eigenvalue weighted by molar-refractivity contribution is 6.30. The van der Waals surface area contributed by atoms with Crippen LogP contribution in [0.15, 0.2) is 42.9 Å². The third kappa shape index (κ3) is 4.60. The van der Waals surface area contributed by atoms with Gasteiger partial charge in [0.05, 0.1) is 11.9 Å². The van der Waals surface area contributed by atoms with Crippen molar-refractivity contribution in [2.75, 3.05) is 32.1 Å². The highest BCUT2D eigenvalue weighted by Crippen LogP contribution is 2.34. The maximum atomic E-state index is 6.10. The summed E-state index contributed by atoms with van der Waals surface area (Å²) in [7, 11) is 5.93. The first-order chi connectivity index (χ1) is 14.0. The molecule has 1 aliphatic rings. The van der Waals surface area contributed by atoms with Crippen LogP contribution in [0.3, 0.4) is 0 Å². The lowest BCUT2D eigenvalue weighted by Gasteiger charge is -2.33. The number of benzene rings is 1. The van der Waals surface area contributed by atoms with E-state index in [1.807, 2.05) is 55.3 Å². The number of hydrogen-bond acceptors (Lipinski definition) is 5. The van der Waals surface area contributed by atoms with Crippen LogP contribution in [-0.2, 0) is 13.6 Å². The summed E-state index contributed by atoms with van der Waals surface area (Å²) in [5, 5.41) is 5.04. The van der Waals surface area contributed by atoms with Crippen LogP contribution in [0.1, 0.15) is 30.0 Å². The average molecular weight is 411 g/mol. The molecule has 3 heterocycles. The van der Waals surface area contributed by atoms with Crippen LogP contribution in [-0.4, -0.2) is 51.8 Å². The molecule has 1 unspecified atom stereocenters. The summed E-state index contributed by atoms with van der Waals surface area (Å²) in [5.74, 6) is 1.12. The van der Waals surface area contributed by atoms with Gasteiger partial charge in [-0.25, -0.2) is 9.97 Å². The molecule has 152 valence electrons. The highest BCUT2D eigenvalue weighted by Gasteiger charge is 2.26. The fourth-order valence-corrected chi connectivity index (χ4v) is 4.12. The Morgan fingerprint density at radius 1 is 1.17 bits per heavy atom. The Hall–Kier alpha value is -2.44. The standard InChI is InChI=1S/C22H27ClN6/c1-27(2)22-24-12-20(17-6-8-19(23)9-7-17)21(26-22)18-5-4-10-29(15-18)14-16-11-25-28(3)13-16/h6-9,11-13,18H,4-5,10,14-15H2,1-3H3. The molecule has 1 aliphatic heterocycles. The van der Waals surface area contributed by atoms with E-state index >= 15 is 0 Å². The van der Waals surface area contributed by atoms with Gasteiger partial charge in [0.1, 0.15) is 0 Å². The van der Waals surface area contributed by atoms with Crippen molar-refractivity contribution >= 4 is 17.5 Å². The predicted octanol–water partition coefficient (Wildman–Crippen LogP) is 3.98. The summed E-state index contributed by atoms with van der Waals surface area (Å²) >= 11 is 6.10. The zero-order chi connectivity index (χ0) is 20.4. The zero-order valence-corrected chi connectivity index (χ0v) is 18.0. The minimum atomic E-state index is 0.368. The van der Waals surface area contributed by atoms with E-state index in [0.717, 1.165) is 60.3 Å². The Morgan fingerprint density at radius 2 is 1.97 bits per heavy atom. The fraction of sp³-hybridized carbons (Fsp3) is 0.409. The molecular formula is C22H27ClN6. The van der Waals surface area contributed by atoms with Gasteiger partial charge < -0.3 is 4.90 Å². The van der Waals surface area contributed by atoms with Crippen molar-refractivity contribution in [3.05, 3.63) is 59.1 Å². The van der Waals surface area contributed by atoms with E-state index in [1.165, 1.54) is 5.56 Å². The number of piperidine rings is 1. The van der Waals surface area contributed by atoms with Gasteiger partial charge in [-0.15, -0.1) is 0 Å². The van der Waals surface area contributed by atoms with Crippen molar-refractivity contribution in [3.63, 3.8) is 0 Å². The summed E-state index contributed by atoms with van der Waals surface area (Å²) in [6.45, 7) is 3.01. The molecule has 0 saturated carbocycles. The lowest BCUT2D eigenvalue weighted by Crippen LogP contribution is -2.34. The molecule has 2 aromatic heterocycles. The maximum Gasteiger partial charge on any atom is 0.225 e. The molecule has 1 fully saturated rings. The third-order valence-corrected chi connectivity index (χ3v) is 5.67. The van der Waals surface area contributed by atoms with Gasteiger partial charge in [-0.3, -0.25) is 9.58 Å². The van der Waals surface area contributed by atoms with Crippen molar-refractivity contribution in [2.24, 2.45) is 7.05 Å². The molecule has 0 bridgehead atoms. The van der Waals surface area contributed by atoms with Crippen LogP contribution >= 0.6 is 11.6 Å². The van der Waals surface area contributed by atoms with Gasteiger partial charge in [0.2, 0.25) is 5.95 Å². The van der Waals surface area contributed by atoms with Crippen molar-refractivity contribution in [1.29, 1.82) is 0 Å². The number of halogens is 1. The van der Waals surface area contributed by atoms with Crippen LogP contribution in [0.5, 0.6) is 0 Å². The smallest absolute Gasteiger partial charge is 0.225 e. The largest absolute Gasteiger partial charge is 0.347 e. The molecule has 0 radical (unpaired) electrons. The van der Waals surface area contributed by atoms with Crippen LogP contribution in [0.4, 0.5) is 5.95 Å². The van der Waals surface area contributed by atoms with Gasteiger partial charge >= 0.3 is 0 Å². The van der Waals surface area contributed by atoms with E-state index in [9.17, 15) is 0 Å². The van der Waals surface area contributed by atoms with Crippen molar-refractivity contribution < 1.29 is 0 Å². The minimum Gasteiger partial charge on any atom is -0.347 e. The quantitative estimate of drug-likeness (QED) is 0.636. The van der Waals surface area contributed by atoms with E-state index < -0.39 is 0 Å². The fourth-order valence-electron chi connectivity index (χ4n) is 4.00. The Balaban J connectivity index is 1.64. The summed E-state index contributed by atoms with van der Waals surface area (Å²) in [6, 6.07) is 7.96. The normalized spacial score (nSPS) is 17.4. The Labute approximate surface area is 177 Å². The van der Waals surface area contributed by atoms with E-state index in [2.05, 4.69) is 33.3 Å². The molecule has 0 amide bonds. The van der Waals surface area contributed by atoms with E-state index in [0.29, 0.717) is 5.92 Å². The second-order valence-corrected chi connectivity index (χ2v) is 8.40. The molecule has 1 aromatic carbocycles. The Bertz CT molecular complexity index is 966. The van der Waals surface area contributed by atoms with Gasteiger partial charge in [-0.1, -0.05) is 23.7 Å². The molecule has 1 saturated heterocycles. The number of rotatable bonds is 5. The Kier molecular flexibility index (Phi) is 5.83. The number of aryl methyl sites for hydroxylation is 1. The van der Waals surface area contributed by atoms with Gasteiger partial charge in [-0.05, 0) is 37.1 Å². The van der Waals surface area contributed by atoms with Crippen LogP contribution in [0.25, 0.3) is 11.1 Å². The summed E-state index contributed by atoms with van der Waals surface area (Å²) < 4.78 is 1.86. The number of hydrogen-bond donors (Lipinski definition) is 0. The predicted molar refractivity (Wildman–Crippen MR) is 117 cm³/mol. The van der Waals surface area contributed by atoms with Crippen LogP contribution in [0.2, 0.25) is 5.02 Å². The number of nitrogens with zero attached hydrogens (tertiary/aromatic N) is 6. The van der Waals surface area contributed by atoms with Crippen molar-refractivity contribution in [3.8, 4) is 11.1 Å². The van der Waals surface area contributed by atoms with Gasteiger partial charge in [0.15, 0.2) is 0 Å². The molecule has 29 heavy (non-hydrogen) atoms. The van der Waals surface area contributed by atoms with Gasteiger partial charge in [-0.2, -0.15) is 5.10 Å². The first-order valence-corrected chi connectivity index (χ1v) is 10.4. The molecule has 6 nitrogen and oxygen atoms in total. The molecule has 1 atom stereocenters. The second-order valence-electron chi connectivity index (χ2n) is 7.97. The second kappa shape index (κ2) is 8.51. The third-order valence-electron chi connectivity index (χ3n) is 5.42. The Morgan fingerprint density at radius 3 is 2.66 bits per heavy atom. The van der Waals surface area contributed by atoms with Crippen molar-refractivity contribution in [2.45, 2.75) is 25.3 Å². The van der Waals surface area contributed by atoms with E-state index in [1.54, 1.807) is 0 Å². The van der Waals surface area contributed by atoms with Crippen LogP contribution in [0, 0.1) is 0 Å². The molecule has 0 aliphatic carbocycles. The molecule has 3 aromatic rings. The topological polar surface area (TPSA) is 50.1 Å². The molecule has 0 spiro atoms. The molecule has 7 heteroatoms. The maximum absolute atomic E-state index is 6.10.